The van der Waals surface area contributed by atoms with Crippen LogP contribution in [0.4, 0.5) is 0 Å². The van der Waals surface area contributed by atoms with Crippen molar-refractivity contribution in [1.82, 2.24) is 0 Å². The molecule has 112 valence electrons. The second-order valence-corrected chi connectivity index (χ2v) is 6.97. The highest BCUT2D eigenvalue weighted by molar-refractivity contribution is 6.18. The Labute approximate surface area is 130 Å². The SMILES string of the molecule is CC(C)(O[SiH2]OC(C)(C)c1ccccc1)c1ccccc1. The van der Waals surface area contributed by atoms with Gasteiger partial charge >= 0.3 is 10.0 Å². The molecule has 0 fully saturated rings. The molecule has 2 aromatic carbocycles. The summed E-state index contributed by atoms with van der Waals surface area (Å²) in [6.07, 6.45) is 0. The van der Waals surface area contributed by atoms with E-state index in [0.717, 1.165) is 0 Å². The average Bonchev–Trinajstić information content (AvgIpc) is 2.49. The van der Waals surface area contributed by atoms with Crippen LogP contribution in [-0.4, -0.2) is 10.0 Å². The minimum absolute atomic E-state index is 0.305. The molecule has 0 atom stereocenters. The van der Waals surface area contributed by atoms with E-state index in [4.69, 9.17) is 8.85 Å². The van der Waals surface area contributed by atoms with Crippen molar-refractivity contribution in [3.63, 3.8) is 0 Å². The van der Waals surface area contributed by atoms with Gasteiger partial charge in [-0.05, 0) is 38.8 Å². The molecule has 0 radical (unpaired) electrons. The smallest absolute Gasteiger partial charge is 0.305 e. The van der Waals surface area contributed by atoms with Gasteiger partial charge < -0.3 is 8.85 Å². The van der Waals surface area contributed by atoms with E-state index in [1.54, 1.807) is 0 Å². The molecule has 2 nitrogen and oxygen atoms in total. The Hall–Kier alpha value is -1.42. The number of rotatable bonds is 6. The molecule has 2 rings (SSSR count). The molecule has 2 aromatic rings. The van der Waals surface area contributed by atoms with Crippen molar-refractivity contribution in [3.05, 3.63) is 71.8 Å². The summed E-state index contributed by atoms with van der Waals surface area (Å²) >= 11 is 0. The first-order chi connectivity index (χ1) is 9.92. The van der Waals surface area contributed by atoms with Crippen LogP contribution in [0.1, 0.15) is 38.8 Å². The van der Waals surface area contributed by atoms with E-state index in [0.29, 0.717) is 0 Å². The van der Waals surface area contributed by atoms with Gasteiger partial charge in [-0.3, -0.25) is 0 Å². The van der Waals surface area contributed by atoms with Crippen molar-refractivity contribution in [2.75, 3.05) is 0 Å². The quantitative estimate of drug-likeness (QED) is 0.754. The maximum Gasteiger partial charge on any atom is 0.305 e. The third kappa shape index (κ3) is 4.27. The van der Waals surface area contributed by atoms with Gasteiger partial charge in [-0.15, -0.1) is 0 Å². The van der Waals surface area contributed by atoms with E-state index in [1.165, 1.54) is 11.1 Å². The maximum absolute atomic E-state index is 6.09. The van der Waals surface area contributed by atoms with Crippen molar-refractivity contribution >= 4 is 10.0 Å². The highest BCUT2D eigenvalue weighted by Gasteiger charge is 2.25. The minimum atomic E-state index is -1.08. The number of benzene rings is 2. The van der Waals surface area contributed by atoms with E-state index in [1.807, 2.05) is 36.4 Å². The van der Waals surface area contributed by atoms with Gasteiger partial charge in [0.2, 0.25) is 0 Å². The Kier molecular flexibility index (Phi) is 4.98. The lowest BCUT2D eigenvalue weighted by molar-refractivity contribution is 0.0293. The zero-order valence-corrected chi connectivity index (χ0v) is 14.7. The summed E-state index contributed by atoms with van der Waals surface area (Å²) in [5, 5.41) is 0. The molecule has 0 saturated heterocycles. The van der Waals surface area contributed by atoms with E-state index in [2.05, 4.69) is 52.0 Å². The van der Waals surface area contributed by atoms with Crippen LogP contribution in [0.3, 0.4) is 0 Å². The fourth-order valence-electron chi connectivity index (χ4n) is 2.17. The van der Waals surface area contributed by atoms with Crippen molar-refractivity contribution in [2.45, 2.75) is 38.9 Å². The van der Waals surface area contributed by atoms with Crippen molar-refractivity contribution < 1.29 is 8.85 Å². The summed E-state index contributed by atoms with van der Waals surface area (Å²) < 4.78 is 12.2. The maximum atomic E-state index is 6.09. The lowest BCUT2D eigenvalue weighted by atomic mass is 9.99. The molecule has 0 unspecified atom stereocenters. The highest BCUT2D eigenvalue weighted by atomic mass is 28.3. The van der Waals surface area contributed by atoms with Crippen molar-refractivity contribution in [2.24, 2.45) is 0 Å². The Morgan fingerprint density at radius 1 is 0.619 bits per heavy atom. The zero-order valence-electron chi connectivity index (χ0n) is 13.3. The summed E-state index contributed by atoms with van der Waals surface area (Å²) in [6, 6.07) is 20.6. The summed E-state index contributed by atoms with van der Waals surface area (Å²) in [5.41, 5.74) is 1.75. The van der Waals surface area contributed by atoms with E-state index >= 15 is 0 Å². The summed E-state index contributed by atoms with van der Waals surface area (Å²) in [4.78, 5) is 0. The van der Waals surface area contributed by atoms with Crippen molar-refractivity contribution in [1.29, 1.82) is 0 Å². The van der Waals surface area contributed by atoms with Crippen LogP contribution in [-0.2, 0) is 20.1 Å². The fourth-order valence-corrected chi connectivity index (χ4v) is 3.15. The molecule has 0 spiro atoms. The van der Waals surface area contributed by atoms with Gasteiger partial charge in [-0.25, -0.2) is 0 Å². The van der Waals surface area contributed by atoms with Crippen LogP contribution in [0, 0.1) is 0 Å². The van der Waals surface area contributed by atoms with E-state index < -0.39 is 10.0 Å². The molecule has 0 saturated carbocycles. The molecule has 0 aromatic heterocycles. The Bertz CT molecular complexity index is 498. The van der Waals surface area contributed by atoms with Gasteiger partial charge in [0.15, 0.2) is 0 Å². The Morgan fingerprint density at radius 3 is 1.29 bits per heavy atom. The van der Waals surface area contributed by atoms with Gasteiger partial charge in [0.25, 0.3) is 0 Å². The first kappa shape index (κ1) is 16.0. The predicted octanol–water partition coefficient (Wildman–Crippen LogP) is 3.89. The predicted molar refractivity (Wildman–Crippen MR) is 89.7 cm³/mol. The molecule has 0 N–H and O–H groups in total. The van der Waals surface area contributed by atoms with Gasteiger partial charge in [0.1, 0.15) is 0 Å². The van der Waals surface area contributed by atoms with Gasteiger partial charge in [0, 0.05) is 0 Å². The van der Waals surface area contributed by atoms with Crippen LogP contribution in [0.15, 0.2) is 60.7 Å². The van der Waals surface area contributed by atoms with Gasteiger partial charge in [-0.2, -0.15) is 0 Å². The fraction of sp³-hybridized carbons (Fsp3) is 0.333. The molecule has 3 heteroatoms. The second kappa shape index (κ2) is 6.56. The first-order valence-electron chi connectivity index (χ1n) is 7.31. The van der Waals surface area contributed by atoms with Crippen LogP contribution >= 0.6 is 0 Å². The first-order valence-corrected chi connectivity index (χ1v) is 8.46. The zero-order chi connectivity index (χ0) is 15.3. The standard InChI is InChI=1S/C18H24O2Si/c1-17(2,15-11-7-5-8-12-15)19-21-20-18(3,4)16-13-9-6-10-14-16/h5-14H,21H2,1-4H3. The normalized spacial score (nSPS) is 12.4. The molecule has 0 aliphatic carbocycles. The second-order valence-electron chi connectivity index (χ2n) is 6.16. The van der Waals surface area contributed by atoms with Crippen LogP contribution in [0.2, 0.25) is 0 Å². The molecule has 0 amide bonds. The van der Waals surface area contributed by atoms with Crippen LogP contribution < -0.4 is 0 Å². The molecule has 0 aliphatic rings. The summed E-state index contributed by atoms with van der Waals surface area (Å²) in [7, 11) is -1.08. The lowest BCUT2D eigenvalue weighted by Crippen LogP contribution is -2.30. The Balaban J connectivity index is 1.95. The third-order valence-electron chi connectivity index (χ3n) is 3.78. The summed E-state index contributed by atoms with van der Waals surface area (Å²) in [5.74, 6) is 0. The third-order valence-corrected chi connectivity index (χ3v) is 5.46. The highest BCUT2D eigenvalue weighted by Crippen LogP contribution is 2.27. The minimum Gasteiger partial charge on any atom is -0.389 e. The largest absolute Gasteiger partial charge is 0.389 e. The van der Waals surface area contributed by atoms with Gasteiger partial charge in [0.05, 0.1) is 11.2 Å². The average molecular weight is 300 g/mol. The van der Waals surface area contributed by atoms with E-state index in [-0.39, 0.29) is 11.2 Å². The molecule has 0 aliphatic heterocycles. The molecular formula is C18H24O2Si. The molecule has 0 bridgehead atoms. The summed E-state index contributed by atoms with van der Waals surface area (Å²) in [6.45, 7) is 8.37. The molecular weight excluding hydrogens is 276 g/mol. The van der Waals surface area contributed by atoms with E-state index in [9.17, 15) is 0 Å². The van der Waals surface area contributed by atoms with Gasteiger partial charge in [-0.1, -0.05) is 60.7 Å². The molecule has 21 heavy (non-hydrogen) atoms. The Morgan fingerprint density at radius 2 is 0.952 bits per heavy atom. The number of hydrogen-bond donors (Lipinski definition) is 0. The molecule has 0 heterocycles. The lowest BCUT2D eigenvalue weighted by Gasteiger charge is -2.31. The topological polar surface area (TPSA) is 18.5 Å². The monoisotopic (exact) mass is 300 g/mol. The van der Waals surface area contributed by atoms with Crippen LogP contribution in [0.5, 0.6) is 0 Å². The number of hydrogen-bond acceptors (Lipinski definition) is 2. The van der Waals surface area contributed by atoms with Crippen molar-refractivity contribution in [3.8, 4) is 0 Å². The van der Waals surface area contributed by atoms with Crippen LogP contribution in [0.25, 0.3) is 0 Å².